The zero-order chi connectivity index (χ0) is 10.6. The van der Waals surface area contributed by atoms with E-state index in [0.717, 1.165) is 0 Å². The lowest BCUT2D eigenvalue weighted by Crippen LogP contribution is -2.31. The number of aromatic nitrogens is 2. The Morgan fingerprint density at radius 3 is 2.43 bits per heavy atom. The van der Waals surface area contributed by atoms with Crippen LogP contribution in [0, 0.1) is 0 Å². The van der Waals surface area contributed by atoms with Crippen LogP contribution in [-0.2, 0) is 0 Å². The third-order valence-corrected chi connectivity index (χ3v) is 2.09. The molecule has 1 rings (SSSR count). The summed E-state index contributed by atoms with van der Waals surface area (Å²) in [7, 11) is 0. The van der Waals surface area contributed by atoms with Crippen LogP contribution < -0.4 is 0 Å². The zero-order valence-electron chi connectivity index (χ0n) is 8.20. The Hall–Kier alpha value is -1.16. The molecule has 0 aliphatic heterocycles. The fourth-order valence-electron chi connectivity index (χ4n) is 1.10. The van der Waals surface area contributed by atoms with E-state index in [0.29, 0.717) is 23.9 Å². The normalized spacial score (nSPS) is 9.93. The summed E-state index contributed by atoms with van der Waals surface area (Å²) in [6.45, 7) is 5.18. The highest BCUT2D eigenvalue weighted by Crippen LogP contribution is 2.04. The summed E-state index contributed by atoms with van der Waals surface area (Å²) in [5, 5.41) is 0.293. The van der Waals surface area contributed by atoms with Crippen molar-refractivity contribution >= 4 is 17.5 Å². The Kier molecular flexibility index (Phi) is 3.83. The molecular formula is C9H12ClN3O. The first kappa shape index (κ1) is 10.9. The van der Waals surface area contributed by atoms with E-state index in [1.54, 1.807) is 4.90 Å². The molecule has 0 spiro atoms. The van der Waals surface area contributed by atoms with Gasteiger partial charge in [-0.05, 0) is 13.8 Å². The number of rotatable bonds is 3. The minimum atomic E-state index is -0.112. The van der Waals surface area contributed by atoms with E-state index in [1.807, 2.05) is 13.8 Å². The number of halogens is 1. The van der Waals surface area contributed by atoms with E-state index in [9.17, 15) is 4.79 Å². The van der Waals surface area contributed by atoms with Crippen molar-refractivity contribution in [3.8, 4) is 0 Å². The van der Waals surface area contributed by atoms with E-state index >= 15 is 0 Å². The molecule has 0 aliphatic rings. The second-order valence-corrected chi connectivity index (χ2v) is 3.09. The number of hydrogen-bond acceptors (Lipinski definition) is 3. The first-order chi connectivity index (χ1) is 6.69. The van der Waals surface area contributed by atoms with Crippen LogP contribution in [0.15, 0.2) is 12.4 Å². The van der Waals surface area contributed by atoms with Gasteiger partial charge in [0.15, 0.2) is 0 Å². The Bertz CT molecular complexity index is 308. The molecule has 0 saturated heterocycles. The van der Waals surface area contributed by atoms with Crippen molar-refractivity contribution < 1.29 is 4.79 Å². The third-order valence-electron chi connectivity index (χ3n) is 1.89. The highest BCUT2D eigenvalue weighted by molar-refractivity contribution is 6.29. The van der Waals surface area contributed by atoms with Crippen LogP contribution in [0.1, 0.15) is 24.3 Å². The molecule has 4 nitrogen and oxygen atoms in total. The van der Waals surface area contributed by atoms with E-state index in [4.69, 9.17) is 11.6 Å². The number of amides is 1. The van der Waals surface area contributed by atoms with Crippen molar-refractivity contribution in [2.45, 2.75) is 13.8 Å². The van der Waals surface area contributed by atoms with E-state index in [-0.39, 0.29) is 5.91 Å². The molecule has 14 heavy (non-hydrogen) atoms. The van der Waals surface area contributed by atoms with Crippen LogP contribution in [0.25, 0.3) is 0 Å². The molecule has 0 fully saturated rings. The summed E-state index contributed by atoms with van der Waals surface area (Å²) in [6, 6.07) is 0. The highest BCUT2D eigenvalue weighted by Gasteiger charge is 2.13. The lowest BCUT2D eigenvalue weighted by atomic mass is 10.3. The predicted octanol–water partition coefficient (Wildman–Crippen LogP) is 1.61. The smallest absolute Gasteiger partial charge is 0.274 e. The highest BCUT2D eigenvalue weighted by atomic mass is 35.5. The van der Waals surface area contributed by atoms with Gasteiger partial charge in [-0.1, -0.05) is 11.6 Å². The van der Waals surface area contributed by atoms with Crippen molar-refractivity contribution in [3.05, 3.63) is 23.2 Å². The van der Waals surface area contributed by atoms with Gasteiger partial charge in [-0.2, -0.15) is 0 Å². The lowest BCUT2D eigenvalue weighted by Gasteiger charge is -2.17. The van der Waals surface area contributed by atoms with Gasteiger partial charge in [0.2, 0.25) is 0 Å². The lowest BCUT2D eigenvalue weighted by molar-refractivity contribution is 0.0766. The van der Waals surface area contributed by atoms with Crippen LogP contribution in [0.4, 0.5) is 0 Å². The quantitative estimate of drug-likeness (QED) is 0.767. The summed E-state index contributed by atoms with van der Waals surface area (Å²) >= 11 is 5.57. The first-order valence-electron chi connectivity index (χ1n) is 4.45. The maximum atomic E-state index is 11.7. The maximum Gasteiger partial charge on any atom is 0.274 e. The summed E-state index contributed by atoms with van der Waals surface area (Å²) < 4.78 is 0. The molecule has 0 unspecified atom stereocenters. The van der Waals surface area contributed by atoms with E-state index < -0.39 is 0 Å². The minimum Gasteiger partial charge on any atom is -0.338 e. The molecule has 0 aliphatic carbocycles. The molecule has 0 radical (unpaired) electrons. The number of nitrogens with zero attached hydrogens (tertiary/aromatic N) is 3. The summed E-state index contributed by atoms with van der Waals surface area (Å²) in [4.78, 5) is 21.1. The van der Waals surface area contributed by atoms with Crippen LogP contribution in [0.2, 0.25) is 5.15 Å². The molecule has 1 heterocycles. The van der Waals surface area contributed by atoms with Crippen molar-refractivity contribution in [1.82, 2.24) is 14.9 Å². The molecule has 1 aromatic rings. The Morgan fingerprint density at radius 2 is 2.00 bits per heavy atom. The zero-order valence-corrected chi connectivity index (χ0v) is 8.95. The van der Waals surface area contributed by atoms with Gasteiger partial charge in [0, 0.05) is 13.1 Å². The summed E-state index contributed by atoms with van der Waals surface area (Å²) in [5.74, 6) is -0.112. The third kappa shape index (κ3) is 2.42. The minimum absolute atomic E-state index is 0.112. The fourth-order valence-corrected chi connectivity index (χ4v) is 1.19. The molecule has 76 valence electrons. The van der Waals surface area contributed by atoms with Gasteiger partial charge in [-0.25, -0.2) is 9.97 Å². The largest absolute Gasteiger partial charge is 0.338 e. The van der Waals surface area contributed by atoms with Crippen LogP contribution in [0.3, 0.4) is 0 Å². The fraction of sp³-hybridized carbons (Fsp3) is 0.444. The Labute approximate surface area is 87.9 Å². The topological polar surface area (TPSA) is 46.1 Å². The maximum absolute atomic E-state index is 11.7. The molecule has 0 atom stereocenters. The number of carbonyl (C=O) groups is 1. The van der Waals surface area contributed by atoms with E-state index in [2.05, 4.69) is 9.97 Å². The number of carbonyl (C=O) groups excluding carboxylic acids is 1. The molecule has 0 saturated carbocycles. The van der Waals surface area contributed by atoms with Crippen molar-refractivity contribution in [3.63, 3.8) is 0 Å². The average Bonchev–Trinajstić information content (AvgIpc) is 2.20. The Morgan fingerprint density at radius 1 is 1.36 bits per heavy atom. The monoisotopic (exact) mass is 213 g/mol. The molecule has 0 bridgehead atoms. The van der Waals surface area contributed by atoms with Gasteiger partial charge in [0.05, 0.1) is 12.4 Å². The molecule has 1 amide bonds. The van der Waals surface area contributed by atoms with Crippen LogP contribution in [-0.4, -0.2) is 33.9 Å². The van der Waals surface area contributed by atoms with E-state index in [1.165, 1.54) is 12.4 Å². The van der Waals surface area contributed by atoms with Crippen molar-refractivity contribution in [2.24, 2.45) is 0 Å². The molecule has 0 N–H and O–H groups in total. The van der Waals surface area contributed by atoms with Gasteiger partial charge in [0.25, 0.3) is 5.91 Å². The van der Waals surface area contributed by atoms with Gasteiger partial charge >= 0.3 is 0 Å². The second-order valence-electron chi connectivity index (χ2n) is 2.70. The van der Waals surface area contributed by atoms with Crippen molar-refractivity contribution in [2.75, 3.05) is 13.1 Å². The summed E-state index contributed by atoms with van der Waals surface area (Å²) in [6.07, 6.45) is 2.77. The summed E-state index contributed by atoms with van der Waals surface area (Å²) in [5.41, 5.74) is 0.332. The predicted molar refractivity (Wildman–Crippen MR) is 54.3 cm³/mol. The van der Waals surface area contributed by atoms with Crippen LogP contribution >= 0.6 is 11.6 Å². The molecule has 0 aromatic carbocycles. The number of hydrogen-bond donors (Lipinski definition) is 0. The van der Waals surface area contributed by atoms with Crippen LogP contribution in [0.5, 0.6) is 0 Å². The molecular weight excluding hydrogens is 202 g/mol. The SMILES string of the molecule is CCN(CC)C(=O)c1cnc(Cl)cn1. The van der Waals surface area contributed by atoms with Gasteiger partial charge in [-0.15, -0.1) is 0 Å². The van der Waals surface area contributed by atoms with Gasteiger partial charge < -0.3 is 4.90 Å². The Balaban J connectivity index is 2.83. The van der Waals surface area contributed by atoms with Crippen molar-refractivity contribution in [1.29, 1.82) is 0 Å². The molecule has 1 aromatic heterocycles. The standard InChI is InChI=1S/C9H12ClN3O/c1-3-13(4-2)9(14)7-5-12-8(10)6-11-7/h5-6H,3-4H2,1-2H3. The molecule has 5 heteroatoms. The second kappa shape index (κ2) is 4.91. The van der Waals surface area contributed by atoms with Gasteiger partial charge in [0.1, 0.15) is 10.8 Å². The van der Waals surface area contributed by atoms with Gasteiger partial charge in [-0.3, -0.25) is 4.79 Å². The first-order valence-corrected chi connectivity index (χ1v) is 4.83. The average molecular weight is 214 g/mol.